The average molecular weight is 1600 g/mol. The van der Waals surface area contributed by atoms with Crippen LogP contribution in [0.3, 0.4) is 0 Å². The van der Waals surface area contributed by atoms with E-state index in [1.54, 1.807) is 6.08 Å². The van der Waals surface area contributed by atoms with Gasteiger partial charge in [0, 0.05) is 33.6 Å². The van der Waals surface area contributed by atoms with Gasteiger partial charge >= 0.3 is 11.9 Å². The molecule has 43 heteroatoms. The summed E-state index contributed by atoms with van der Waals surface area (Å²) in [6, 6.07) is -6.82. The lowest BCUT2D eigenvalue weighted by Gasteiger charge is -2.52. The fraction of sp³-hybridized carbons (Fsp3) is 0.881. The predicted octanol–water partition coefficient (Wildman–Crippen LogP) is -10.5. The fourth-order valence-electron chi connectivity index (χ4n) is 14.1. The zero-order valence-electron chi connectivity index (χ0n) is 61.3. The van der Waals surface area contributed by atoms with Crippen LogP contribution in [-0.2, 0) is 85.6 Å². The van der Waals surface area contributed by atoms with Gasteiger partial charge in [-0.2, -0.15) is 0 Å². The van der Waals surface area contributed by atoms with Gasteiger partial charge in [-0.05, 0) is 12.8 Å². The minimum Gasteiger partial charge on any atom is -0.477 e. The van der Waals surface area contributed by atoms with Crippen molar-refractivity contribution in [2.75, 3.05) is 46.2 Å². The number of carboxylic acids is 2. The van der Waals surface area contributed by atoms with Gasteiger partial charge < -0.3 is 185 Å². The van der Waals surface area contributed by atoms with Crippen molar-refractivity contribution in [3.05, 3.63) is 12.2 Å². The van der Waals surface area contributed by atoms with Crippen LogP contribution in [0, 0.1) is 0 Å². The van der Waals surface area contributed by atoms with E-state index in [2.05, 4.69) is 28.2 Å². The first kappa shape index (κ1) is 94.2. The second kappa shape index (κ2) is 44.4. The molecule has 4 amide bonds. The standard InChI is InChI=1S/C67H114N4O39/c1-5-6-7-8-9-10-11-12-13-14-15-16-17-18-33(82)32(68-28-78)27-99-61-51(92)50(91)55(41(26-77)103-61)105-62-52(93)58(46(87)37(22-73)100-62)106-60-44(71-31(4)81)49(90)54(40(25-76)102-60)104-63-53(94)59(47(88)38(23-74)101-63)110-67(65(97)98)20-35(84)43(70-30(3)80)57(109-67)48(89)39(24-75)107-66(64(95)96)19-34(83)42(69-29(2)79)56(108-66)45(86)36(85)21-72/h17-18,28,32-63,72-77,82-94H,5-16,19-27H2,1-4H3,(H,68,78)(H,69,79)(H,70,80)(H,71,81)(H,95,96)(H,97,98)/b18-17+/t32-,33+,34-,35-,36+,37+,38+,39+,40+,41+,42+,43+,44+,45+,46-,47-,48+,49+,50+,51+,52+,53+,54+,55+,56+,57+,58-,59-,60-,61+,62-,63-,66+,67-/m0/s1. The van der Waals surface area contributed by atoms with Crippen LogP contribution in [0.25, 0.3) is 0 Å². The molecule has 0 radical (unpaired) electrons. The van der Waals surface area contributed by atoms with E-state index >= 15 is 0 Å². The number of amides is 4. The highest BCUT2D eigenvalue weighted by molar-refractivity contribution is 5.77. The number of allylic oxidation sites excluding steroid dienone is 1. The summed E-state index contributed by atoms with van der Waals surface area (Å²) in [5, 5.41) is 243. The highest BCUT2D eigenvalue weighted by atomic mass is 16.8. The van der Waals surface area contributed by atoms with E-state index in [9.17, 15) is 136 Å². The van der Waals surface area contributed by atoms with Crippen molar-refractivity contribution in [3.63, 3.8) is 0 Å². The number of rotatable bonds is 44. The number of aliphatic hydroxyl groups excluding tert-OH is 19. The van der Waals surface area contributed by atoms with E-state index in [0.717, 1.165) is 46.5 Å². The maximum atomic E-state index is 13.6. The van der Waals surface area contributed by atoms with Gasteiger partial charge in [0.15, 0.2) is 25.2 Å². The Morgan fingerprint density at radius 2 is 0.927 bits per heavy atom. The van der Waals surface area contributed by atoms with Crippen molar-refractivity contribution >= 4 is 36.1 Å². The molecule has 0 aliphatic carbocycles. The molecule has 6 aliphatic rings. The second-order valence-electron chi connectivity index (χ2n) is 28.3. The fourth-order valence-corrected chi connectivity index (χ4v) is 14.1. The van der Waals surface area contributed by atoms with Crippen LogP contribution in [0.15, 0.2) is 12.2 Å². The van der Waals surface area contributed by atoms with Crippen LogP contribution in [0.2, 0.25) is 0 Å². The van der Waals surface area contributed by atoms with Crippen molar-refractivity contribution in [3.8, 4) is 0 Å². The Balaban J connectivity index is 1.17. The molecule has 0 spiro atoms. The van der Waals surface area contributed by atoms with E-state index in [1.165, 1.54) is 51.0 Å². The molecule has 25 N–H and O–H groups in total. The van der Waals surface area contributed by atoms with Gasteiger partial charge in [0.2, 0.25) is 24.1 Å². The van der Waals surface area contributed by atoms with Crippen LogP contribution in [0.1, 0.15) is 118 Å². The van der Waals surface area contributed by atoms with Crippen LogP contribution in [0.4, 0.5) is 0 Å². The van der Waals surface area contributed by atoms with Gasteiger partial charge in [-0.3, -0.25) is 19.2 Å². The normalized spacial score (nSPS) is 38.7. The lowest BCUT2D eigenvalue weighted by molar-refractivity contribution is -0.391. The van der Waals surface area contributed by atoms with Gasteiger partial charge in [-0.1, -0.05) is 83.3 Å². The van der Waals surface area contributed by atoms with Crippen LogP contribution in [0.5, 0.6) is 0 Å². The quantitative estimate of drug-likeness (QED) is 0.0153. The number of ether oxygens (including phenoxy) is 12. The molecule has 0 saturated carbocycles. The Hall–Kier alpha value is -4.68. The van der Waals surface area contributed by atoms with Crippen LogP contribution in [-0.4, -0.2) is 397 Å². The molecule has 0 unspecified atom stereocenters. The Morgan fingerprint density at radius 1 is 0.491 bits per heavy atom. The number of carboxylic acid groups (broad SMARTS) is 2. The van der Waals surface area contributed by atoms with Gasteiger partial charge in [-0.25, -0.2) is 9.59 Å². The van der Waals surface area contributed by atoms with E-state index in [1.807, 2.05) is 0 Å². The number of hydrogen-bond donors (Lipinski definition) is 25. The molecule has 6 fully saturated rings. The molecule has 6 heterocycles. The van der Waals surface area contributed by atoms with Gasteiger partial charge in [0.1, 0.15) is 134 Å². The number of carbonyl (C=O) groups excluding carboxylic acids is 4. The van der Waals surface area contributed by atoms with Crippen molar-refractivity contribution < 1.29 is 193 Å². The summed E-state index contributed by atoms with van der Waals surface area (Å²) >= 11 is 0. The summed E-state index contributed by atoms with van der Waals surface area (Å²) in [4.78, 5) is 76.1. The SMILES string of the molecule is CCCCCCCCCCCCC/C=C/[C@@H](O)[C@H](CO[C@@H]1O[C@H](CO)[C@@H](O[C@@H]2O[C@H](CO)[C@H](O)[C@H](O[C@@H]3O[C@H](CO)[C@@H](O[C@@H]4O[C@H](CO)[C@H](O)[C@H](O[C@]5(C(=O)O)C[C@H](O)[C@@H](NC(C)=O)[C@H]([C@H](O)[C@@H](CO)O[C@]6(C(=O)O)C[C@H](O)[C@@H](NC(C)=O)[C@H]([C@H](O)[C@H](O)CO)O6)O5)[C@H]4O)[C@H](O)[C@H]3NC(C)=O)[C@H]2O)[C@H](O)[C@H]1O)NC=O. The molecule has 0 bridgehead atoms. The number of unbranched alkanes of at least 4 members (excludes halogenated alkanes) is 11. The molecule has 34 atom stereocenters. The van der Waals surface area contributed by atoms with Crippen LogP contribution >= 0.6 is 0 Å². The number of aliphatic carboxylic acids is 2. The molecule has 6 saturated heterocycles. The lowest BCUT2D eigenvalue weighted by Crippen LogP contribution is -2.72. The van der Waals surface area contributed by atoms with Crippen molar-refractivity contribution in [1.82, 2.24) is 21.3 Å². The molecule has 0 aromatic heterocycles. The molecule has 6 aliphatic heterocycles. The Kier molecular flexibility index (Phi) is 38.0. The number of aliphatic hydroxyl groups is 19. The van der Waals surface area contributed by atoms with Crippen molar-refractivity contribution in [2.45, 2.75) is 325 Å². The Labute approximate surface area is 631 Å². The molecule has 43 nitrogen and oxygen atoms in total. The summed E-state index contributed by atoms with van der Waals surface area (Å²) in [6.45, 7) is -2.80. The predicted molar refractivity (Wildman–Crippen MR) is 361 cm³/mol. The smallest absolute Gasteiger partial charge is 0.364 e. The summed E-state index contributed by atoms with van der Waals surface area (Å²) in [7, 11) is 0. The third kappa shape index (κ3) is 24.0. The first-order valence-electron chi connectivity index (χ1n) is 36.7. The summed E-state index contributed by atoms with van der Waals surface area (Å²) in [5.41, 5.74) is 0. The minimum atomic E-state index is -3.50. The van der Waals surface area contributed by atoms with Gasteiger partial charge in [-0.15, -0.1) is 0 Å². The summed E-state index contributed by atoms with van der Waals surface area (Å²) in [5.74, 6) is -14.1. The molecular weight excluding hydrogens is 1480 g/mol. The largest absolute Gasteiger partial charge is 0.477 e. The van der Waals surface area contributed by atoms with Crippen molar-refractivity contribution in [2.24, 2.45) is 0 Å². The maximum Gasteiger partial charge on any atom is 0.364 e. The third-order valence-electron chi connectivity index (χ3n) is 20.0. The molecule has 0 aromatic carbocycles. The first-order valence-corrected chi connectivity index (χ1v) is 36.7. The van der Waals surface area contributed by atoms with Crippen molar-refractivity contribution in [1.29, 1.82) is 0 Å². The summed E-state index contributed by atoms with van der Waals surface area (Å²) < 4.78 is 69.5. The molecule has 6 rings (SSSR count). The maximum absolute atomic E-state index is 13.6. The highest BCUT2D eigenvalue weighted by Gasteiger charge is 2.63. The number of carbonyl (C=O) groups is 6. The second-order valence-corrected chi connectivity index (χ2v) is 28.3. The molecule has 0 aromatic rings. The zero-order chi connectivity index (χ0) is 81.6. The first-order chi connectivity index (χ1) is 52.2. The third-order valence-corrected chi connectivity index (χ3v) is 20.0. The topological polar surface area (TPSA) is 686 Å². The highest BCUT2D eigenvalue weighted by Crippen LogP contribution is 2.42. The zero-order valence-corrected chi connectivity index (χ0v) is 61.3. The molecule has 636 valence electrons. The number of hydrogen-bond acceptors (Lipinski definition) is 37. The minimum absolute atomic E-state index is 0.311. The Bertz CT molecular complexity index is 2850. The molecular formula is C67H114N4O39. The van der Waals surface area contributed by atoms with Gasteiger partial charge in [0.25, 0.3) is 11.6 Å². The average Bonchev–Trinajstić information content (AvgIpc) is 0.753. The molecule has 110 heavy (non-hydrogen) atoms. The van der Waals surface area contributed by atoms with E-state index in [0.29, 0.717) is 12.8 Å². The number of nitrogens with one attached hydrogen (secondary N) is 4. The van der Waals surface area contributed by atoms with E-state index < -0.39 is 296 Å². The van der Waals surface area contributed by atoms with Crippen LogP contribution < -0.4 is 21.3 Å². The van der Waals surface area contributed by atoms with Gasteiger partial charge in [0.05, 0.1) is 82.7 Å². The van der Waals surface area contributed by atoms with E-state index in [4.69, 9.17) is 56.8 Å². The Morgan fingerprint density at radius 3 is 1.41 bits per heavy atom. The van der Waals surface area contributed by atoms with E-state index in [-0.39, 0.29) is 0 Å². The summed E-state index contributed by atoms with van der Waals surface area (Å²) in [6.07, 6.45) is -45.8. The monoisotopic (exact) mass is 1600 g/mol. The lowest BCUT2D eigenvalue weighted by atomic mass is 9.87.